The van der Waals surface area contributed by atoms with E-state index >= 15 is 0 Å². The summed E-state index contributed by atoms with van der Waals surface area (Å²) in [6, 6.07) is 4.53. The van der Waals surface area contributed by atoms with Gasteiger partial charge in [-0.2, -0.15) is 9.97 Å². The van der Waals surface area contributed by atoms with Crippen LogP contribution in [0.4, 0.5) is 11.8 Å². The zero-order valence-corrected chi connectivity index (χ0v) is 16.9. The molecule has 150 valence electrons. The fourth-order valence-electron chi connectivity index (χ4n) is 4.67. The highest BCUT2D eigenvalue weighted by molar-refractivity contribution is 5.90. The average Bonchev–Trinajstić information content (AvgIpc) is 3.19. The molecule has 0 bridgehead atoms. The summed E-state index contributed by atoms with van der Waals surface area (Å²) in [4.78, 5) is 20.7. The Morgan fingerprint density at radius 1 is 1.10 bits per heavy atom. The van der Waals surface area contributed by atoms with Gasteiger partial charge in [-0.15, -0.1) is 0 Å². The van der Waals surface area contributed by atoms with Gasteiger partial charge in [-0.3, -0.25) is 9.88 Å². The molecule has 0 aromatic carbocycles. The van der Waals surface area contributed by atoms with Crippen LogP contribution in [0.1, 0.15) is 41.6 Å². The number of nitrogens with zero attached hydrogens (tertiary/aromatic N) is 5. The van der Waals surface area contributed by atoms with Gasteiger partial charge in [0.2, 0.25) is 5.95 Å². The number of nitrogens with two attached hydrogens (primary N) is 1. The Morgan fingerprint density at radius 3 is 2.69 bits per heavy atom. The van der Waals surface area contributed by atoms with Gasteiger partial charge in [0.15, 0.2) is 5.65 Å². The Balaban J connectivity index is 1.28. The number of pyridine rings is 2. The van der Waals surface area contributed by atoms with Crippen LogP contribution >= 0.6 is 0 Å². The molecule has 7 nitrogen and oxygen atoms in total. The lowest BCUT2D eigenvalue weighted by Gasteiger charge is -2.32. The molecular weight excluding hydrogens is 362 g/mol. The molecule has 1 aliphatic heterocycles. The number of likely N-dealkylation sites (tertiary alicyclic amines) is 1. The number of nitrogens with one attached hydrogen (secondary N) is 1. The van der Waals surface area contributed by atoms with Crippen molar-refractivity contribution >= 4 is 22.8 Å². The Bertz CT molecular complexity index is 1030. The van der Waals surface area contributed by atoms with E-state index in [0.29, 0.717) is 17.8 Å². The lowest BCUT2D eigenvalue weighted by atomic mass is 10.0. The van der Waals surface area contributed by atoms with Crippen LogP contribution in [0.2, 0.25) is 0 Å². The number of fused-ring (bicyclic) bond motifs is 2. The van der Waals surface area contributed by atoms with Gasteiger partial charge in [-0.05, 0) is 67.9 Å². The summed E-state index contributed by atoms with van der Waals surface area (Å²) in [5, 5.41) is 4.43. The number of hydrogen-bond donors (Lipinski definition) is 2. The third kappa shape index (κ3) is 3.62. The molecule has 1 aliphatic carbocycles. The van der Waals surface area contributed by atoms with E-state index < -0.39 is 0 Å². The number of anilines is 2. The maximum atomic E-state index is 6.32. The van der Waals surface area contributed by atoms with Crippen molar-refractivity contribution in [1.82, 2.24) is 24.8 Å². The molecule has 1 saturated heterocycles. The molecule has 7 heteroatoms. The highest BCUT2D eigenvalue weighted by atomic mass is 15.2. The summed E-state index contributed by atoms with van der Waals surface area (Å²) in [6.45, 7) is 5.20. The van der Waals surface area contributed by atoms with Crippen molar-refractivity contribution in [2.75, 3.05) is 24.1 Å². The minimum absolute atomic E-state index is 0.357. The van der Waals surface area contributed by atoms with Gasteiger partial charge in [0.25, 0.3) is 0 Å². The Kier molecular flexibility index (Phi) is 4.75. The maximum absolute atomic E-state index is 6.32. The van der Waals surface area contributed by atoms with Gasteiger partial charge in [-0.25, -0.2) is 4.98 Å². The number of hydrogen-bond acceptors (Lipinski definition) is 7. The summed E-state index contributed by atoms with van der Waals surface area (Å²) in [5.74, 6) is 1.14. The van der Waals surface area contributed by atoms with Crippen LogP contribution in [-0.2, 0) is 19.4 Å². The van der Waals surface area contributed by atoms with E-state index in [2.05, 4.69) is 39.2 Å². The normalized spacial score (nSPS) is 17.6. The highest BCUT2D eigenvalue weighted by Crippen LogP contribution is 2.31. The van der Waals surface area contributed by atoms with Crippen molar-refractivity contribution in [2.45, 2.75) is 51.6 Å². The van der Waals surface area contributed by atoms with Gasteiger partial charge in [0.1, 0.15) is 5.82 Å². The lowest BCUT2D eigenvalue weighted by Crippen LogP contribution is -2.39. The van der Waals surface area contributed by atoms with Crippen LogP contribution in [0.25, 0.3) is 11.0 Å². The summed E-state index contributed by atoms with van der Waals surface area (Å²) in [5.41, 5.74) is 12.1. The summed E-state index contributed by atoms with van der Waals surface area (Å²) in [7, 11) is 0. The monoisotopic (exact) mass is 389 g/mol. The second-order valence-corrected chi connectivity index (χ2v) is 8.20. The third-order valence-electron chi connectivity index (χ3n) is 6.25. The highest BCUT2D eigenvalue weighted by Gasteiger charge is 2.23. The molecule has 3 N–H and O–H groups in total. The quantitative estimate of drug-likeness (QED) is 0.709. The minimum Gasteiger partial charge on any atom is -0.383 e. The lowest BCUT2D eigenvalue weighted by molar-refractivity contribution is 0.211. The molecule has 0 saturated carbocycles. The molecule has 5 rings (SSSR count). The van der Waals surface area contributed by atoms with E-state index in [1.54, 1.807) is 0 Å². The van der Waals surface area contributed by atoms with E-state index in [1.165, 1.54) is 22.4 Å². The van der Waals surface area contributed by atoms with Crippen LogP contribution < -0.4 is 11.1 Å². The SMILES string of the molecule is Cc1c2c(nc3nc(NC4CCN(Cc5ccncc5)CC4)nc(N)c13)CCC2. The number of aryl methyl sites for hydroxylation is 2. The van der Waals surface area contributed by atoms with Crippen LogP contribution in [0.3, 0.4) is 0 Å². The van der Waals surface area contributed by atoms with Crippen molar-refractivity contribution in [2.24, 2.45) is 0 Å². The van der Waals surface area contributed by atoms with Crippen molar-refractivity contribution in [3.8, 4) is 0 Å². The van der Waals surface area contributed by atoms with Crippen LogP contribution in [0.15, 0.2) is 24.5 Å². The predicted octanol–water partition coefficient (Wildman–Crippen LogP) is 2.88. The zero-order chi connectivity index (χ0) is 19.8. The van der Waals surface area contributed by atoms with E-state index in [0.717, 1.165) is 62.8 Å². The smallest absolute Gasteiger partial charge is 0.226 e. The predicted molar refractivity (Wildman–Crippen MR) is 115 cm³/mol. The van der Waals surface area contributed by atoms with Gasteiger partial charge in [-0.1, -0.05) is 0 Å². The van der Waals surface area contributed by atoms with E-state index in [1.807, 2.05) is 12.4 Å². The standard InChI is InChI=1S/C22H27N7/c1-14-17-3-2-4-18(17)26-21-19(14)20(23)27-22(28-21)25-16-7-11-29(12-8-16)13-15-5-9-24-10-6-15/h5-6,9-10,16H,2-4,7-8,11-13H2,1H3,(H3,23,25,26,27,28). The van der Waals surface area contributed by atoms with Gasteiger partial charge in [0, 0.05) is 43.8 Å². The second kappa shape index (κ2) is 7.55. The van der Waals surface area contributed by atoms with Crippen molar-refractivity contribution in [1.29, 1.82) is 0 Å². The van der Waals surface area contributed by atoms with Gasteiger partial charge in [0.05, 0.1) is 5.39 Å². The molecule has 4 heterocycles. The average molecular weight is 390 g/mol. The number of nitrogen functional groups attached to an aromatic ring is 1. The van der Waals surface area contributed by atoms with E-state index in [-0.39, 0.29) is 0 Å². The van der Waals surface area contributed by atoms with Gasteiger partial charge >= 0.3 is 0 Å². The number of rotatable bonds is 4. The van der Waals surface area contributed by atoms with Crippen LogP contribution in [0.5, 0.6) is 0 Å². The Morgan fingerprint density at radius 2 is 1.90 bits per heavy atom. The van der Waals surface area contributed by atoms with Gasteiger partial charge < -0.3 is 11.1 Å². The molecule has 1 fully saturated rings. The first-order valence-electron chi connectivity index (χ1n) is 10.5. The first-order chi connectivity index (χ1) is 14.2. The summed E-state index contributed by atoms with van der Waals surface area (Å²) < 4.78 is 0. The molecule has 0 radical (unpaired) electrons. The Labute approximate surface area is 170 Å². The van der Waals surface area contributed by atoms with Crippen LogP contribution in [-0.4, -0.2) is 44.0 Å². The molecule has 2 aliphatic rings. The van der Waals surface area contributed by atoms with E-state index in [4.69, 9.17) is 15.7 Å². The first kappa shape index (κ1) is 18.2. The molecule has 0 atom stereocenters. The number of aromatic nitrogens is 4. The molecular formula is C22H27N7. The maximum Gasteiger partial charge on any atom is 0.226 e. The molecule has 3 aromatic rings. The van der Waals surface area contributed by atoms with E-state index in [9.17, 15) is 0 Å². The Hall–Kier alpha value is -2.80. The molecule has 3 aromatic heterocycles. The number of piperidine rings is 1. The second-order valence-electron chi connectivity index (χ2n) is 8.20. The van der Waals surface area contributed by atoms with Crippen molar-refractivity contribution in [3.05, 3.63) is 46.9 Å². The minimum atomic E-state index is 0.357. The fourth-order valence-corrected chi connectivity index (χ4v) is 4.67. The largest absolute Gasteiger partial charge is 0.383 e. The summed E-state index contributed by atoms with van der Waals surface area (Å²) >= 11 is 0. The third-order valence-corrected chi connectivity index (χ3v) is 6.25. The summed E-state index contributed by atoms with van der Waals surface area (Å²) in [6.07, 6.45) is 9.12. The molecule has 29 heavy (non-hydrogen) atoms. The molecule has 0 spiro atoms. The topological polar surface area (TPSA) is 92.9 Å². The molecule has 0 amide bonds. The first-order valence-corrected chi connectivity index (χ1v) is 10.5. The van der Waals surface area contributed by atoms with Crippen molar-refractivity contribution < 1.29 is 0 Å². The van der Waals surface area contributed by atoms with Crippen molar-refractivity contribution in [3.63, 3.8) is 0 Å². The van der Waals surface area contributed by atoms with Crippen LogP contribution in [0, 0.1) is 6.92 Å². The zero-order valence-electron chi connectivity index (χ0n) is 16.9. The molecule has 0 unspecified atom stereocenters. The fraction of sp³-hybridized carbons (Fsp3) is 0.455.